The molecule has 1 unspecified atom stereocenters. The molecule has 20 heavy (non-hydrogen) atoms. The molecule has 2 N–H and O–H groups in total. The van der Waals surface area contributed by atoms with Crippen molar-refractivity contribution in [2.24, 2.45) is 0 Å². The molecule has 0 bridgehead atoms. The van der Waals surface area contributed by atoms with Crippen molar-refractivity contribution in [2.45, 2.75) is 25.8 Å². The first-order chi connectivity index (χ1) is 9.86. The first-order valence-corrected chi connectivity index (χ1v) is 7.62. The van der Waals surface area contributed by atoms with Crippen LogP contribution in [0.4, 0.5) is 5.69 Å². The summed E-state index contributed by atoms with van der Waals surface area (Å²) in [6.07, 6.45) is 2.37. The van der Waals surface area contributed by atoms with Crippen LogP contribution in [0, 0.1) is 0 Å². The fourth-order valence-electron chi connectivity index (χ4n) is 2.86. The number of fused-ring (bicyclic) bond motifs is 1. The van der Waals surface area contributed by atoms with Gasteiger partial charge < -0.3 is 20.1 Å². The Labute approximate surface area is 121 Å². The number of aliphatic hydroxyl groups excluding tert-OH is 1. The summed E-state index contributed by atoms with van der Waals surface area (Å²) in [5.41, 5.74) is 2.72. The van der Waals surface area contributed by atoms with E-state index in [9.17, 15) is 0 Å². The number of nitrogens with zero attached hydrogens (tertiary/aromatic N) is 1. The third-order valence-electron chi connectivity index (χ3n) is 3.77. The molecule has 0 amide bonds. The molecule has 112 valence electrons. The van der Waals surface area contributed by atoms with Crippen molar-refractivity contribution in [3.05, 3.63) is 29.8 Å². The van der Waals surface area contributed by atoms with Crippen LogP contribution in [-0.2, 0) is 4.74 Å². The number of para-hydroxylation sites is 1. The number of rotatable bonds is 7. The van der Waals surface area contributed by atoms with Crippen molar-refractivity contribution >= 4 is 5.69 Å². The van der Waals surface area contributed by atoms with E-state index in [0.29, 0.717) is 19.3 Å². The van der Waals surface area contributed by atoms with Crippen molar-refractivity contribution in [2.75, 3.05) is 44.4 Å². The standard InChI is InChI=1S/C16H26N2O2/c1-2-17-15-7-5-9-18(10-12-20-13-11-19)16-8-4-3-6-14(15)16/h3-4,6,8,15,17,19H,2,5,7,9-13H2,1H3. The Morgan fingerprint density at radius 2 is 2.20 bits per heavy atom. The summed E-state index contributed by atoms with van der Waals surface area (Å²) < 4.78 is 5.41. The fraction of sp³-hybridized carbons (Fsp3) is 0.625. The molecule has 0 fully saturated rings. The van der Waals surface area contributed by atoms with Gasteiger partial charge in [-0.15, -0.1) is 0 Å². The van der Waals surface area contributed by atoms with Crippen LogP contribution in [0.15, 0.2) is 24.3 Å². The number of benzene rings is 1. The van der Waals surface area contributed by atoms with E-state index in [1.807, 2.05) is 0 Å². The van der Waals surface area contributed by atoms with Gasteiger partial charge in [-0.25, -0.2) is 0 Å². The van der Waals surface area contributed by atoms with Crippen molar-refractivity contribution in [1.82, 2.24) is 5.32 Å². The first-order valence-electron chi connectivity index (χ1n) is 7.62. The second kappa shape index (κ2) is 8.25. The van der Waals surface area contributed by atoms with Gasteiger partial charge in [0.2, 0.25) is 0 Å². The Morgan fingerprint density at radius 1 is 1.35 bits per heavy atom. The van der Waals surface area contributed by atoms with E-state index >= 15 is 0 Å². The molecule has 4 nitrogen and oxygen atoms in total. The number of nitrogens with one attached hydrogen (secondary N) is 1. The molecule has 1 atom stereocenters. The highest BCUT2D eigenvalue weighted by Crippen LogP contribution is 2.32. The second-order valence-corrected chi connectivity index (χ2v) is 5.13. The summed E-state index contributed by atoms with van der Waals surface area (Å²) in [7, 11) is 0. The monoisotopic (exact) mass is 278 g/mol. The van der Waals surface area contributed by atoms with Crippen LogP contribution in [0.1, 0.15) is 31.4 Å². The molecule has 1 aliphatic rings. The molecular formula is C16H26N2O2. The van der Waals surface area contributed by atoms with E-state index < -0.39 is 0 Å². The zero-order valence-electron chi connectivity index (χ0n) is 12.3. The second-order valence-electron chi connectivity index (χ2n) is 5.13. The molecule has 1 aliphatic heterocycles. The minimum absolute atomic E-state index is 0.0963. The number of anilines is 1. The van der Waals surface area contributed by atoms with E-state index in [4.69, 9.17) is 9.84 Å². The van der Waals surface area contributed by atoms with E-state index in [0.717, 1.165) is 19.6 Å². The maximum Gasteiger partial charge on any atom is 0.0698 e. The molecule has 1 aromatic carbocycles. The van der Waals surface area contributed by atoms with Crippen LogP contribution in [0.3, 0.4) is 0 Å². The highest BCUT2D eigenvalue weighted by Gasteiger charge is 2.21. The van der Waals surface area contributed by atoms with Crippen LogP contribution < -0.4 is 10.2 Å². The molecule has 2 rings (SSSR count). The smallest absolute Gasteiger partial charge is 0.0698 e. The predicted molar refractivity (Wildman–Crippen MR) is 82.2 cm³/mol. The van der Waals surface area contributed by atoms with Crippen LogP contribution >= 0.6 is 0 Å². The van der Waals surface area contributed by atoms with Crippen molar-refractivity contribution < 1.29 is 9.84 Å². The molecule has 0 spiro atoms. The van der Waals surface area contributed by atoms with Gasteiger partial charge in [0.05, 0.1) is 19.8 Å². The van der Waals surface area contributed by atoms with Crippen molar-refractivity contribution in [1.29, 1.82) is 0 Å². The minimum Gasteiger partial charge on any atom is -0.394 e. The predicted octanol–water partition coefficient (Wildman–Crippen LogP) is 1.95. The van der Waals surface area contributed by atoms with Gasteiger partial charge in [-0.3, -0.25) is 0 Å². The average Bonchev–Trinajstić information content (AvgIpc) is 2.65. The molecule has 1 heterocycles. The van der Waals surface area contributed by atoms with Gasteiger partial charge in [0.1, 0.15) is 0 Å². The van der Waals surface area contributed by atoms with E-state index in [1.165, 1.54) is 24.1 Å². The lowest BCUT2D eigenvalue weighted by Crippen LogP contribution is -2.28. The molecular weight excluding hydrogens is 252 g/mol. The summed E-state index contributed by atoms with van der Waals surface area (Å²) in [5.74, 6) is 0. The summed E-state index contributed by atoms with van der Waals surface area (Å²) in [4.78, 5) is 2.41. The highest BCUT2D eigenvalue weighted by molar-refractivity contribution is 5.55. The van der Waals surface area contributed by atoms with Gasteiger partial charge >= 0.3 is 0 Å². The fourth-order valence-corrected chi connectivity index (χ4v) is 2.86. The molecule has 0 saturated heterocycles. The van der Waals surface area contributed by atoms with Gasteiger partial charge in [-0.2, -0.15) is 0 Å². The zero-order chi connectivity index (χ0) is 14.2. The number of aliphatic hydroxyl groups is 1. The molecule has 4 heteroatoms. The Hall–Kier alpha value is -1.10. The van der Waals surface area contributed by atoms with Crippen LogP contribution in [0.5, 0.6) is 0 Å². The van der Waals surface area contributed by atoms with Gasteiger partial charge in [-0.1, -0.05) is 25.1 Å². The number of hydrogen-bond donors (Lipinski definition) is 2. The molecule has 0 aliphatic carbocycles. The normalized spacial score (nSPS) is 18.7. The summed E-state index contributed by atoms with van der Waals surface area (Å²) >= 11 is 0. The van der Waals surface area contributed by atoms with Gasteiger partial charge in [0, 0.05) is 24.8 Å². The van der Waals surface area contributed by atoms with Gasteiger partial charge in [0.15, 0.2) is 0 Å². The lowest BCUT2D eigenvalue weighted by molar-refractivity contribution is 0.0966. The maximum atomic E-state index is 8.75. The maximum absolute atomic E-state index is 8.75. The summed E-state index contributed by atoms with van der Waals surface area (Å²) in [6, 6.07) is 9.12. The van der Waals surface area contributed by atoms with Gasteiger partial charge in [0.25, 0.3) is 0 Å². The largest absolute Gasteiger partial charge is 0.394 e. The molecule has 1 aromatic rings. The van der Waals surface area contributed by atoms with E-state index in [-0.39, 0.29) is 6.61 Å². The summed E-state index contributed by atoms with van der Waals surface area (Å²) in [5, 5.41) is 12.3. The van der Waals surface area contributed by atoms with Crippen molar-refractivity contribution in [3.8, 4) is 0 Å². The van der Waals surface area contributed by atoms with Crippen LogP contribution in [-0.4, -0.2) is 44.6 Å². The lowest BCUT2D eigenvalue weighted by Gasteiger charge is -2.26. The minimum atomic E-state index is 0.0963. The third-order valence-corrected chi connectivity index (χ3v) is 3.77. The van der Waals surface area contributed by atoms with Crippen molar-refractivity contribution in [3.63, 3.8) is 0 Å². The van der Waals surface area contributed by atoms with Crippen LogP contribution in [0.25, 0.3) is 0 Å². The Balaban J connectivity index is 2.07. The molecule has 0 radical (unpaired) electrons. The van der Waals surface area contributed by atoms with E-state index in [2.05, 4.69) is 41.4 Å². The SMILES string of the molecule is CCNC1CCCN(CCOCCO)c2ccccc21. The molecule has 0 saturated carbocycles. The lowest BCUT2D eigenvalue weighted by atomic mass is 10.0. The Bertz CT molecular complexity index is 398. The Morgan fingerprint density at radius 3 is 3.00 bits per heavy atom. The number of ether oxygens (including phenoxy) is 1. The third kappa shape index (κ3) is 3.95. The summed E-state index contributed by atoms with van der Waals surface area (Å²) in [6.45, 7) is 6.30. The highest BCUT2D eigenvalue weighted by atomic mass is 16.5. The van der Waals surface area contributed by atoms with E-state index in [1.54, 1.807) is 0 Å². The first kappa shape index (κ1) is 15.3. The number of hydrogen-bond acceptors (Lipinski definition) is 4. The molecule has 0 aromatic heterocycles. The van der Waals surface area contributed by atoms with Crippen LogP contribution in [0.2, 0.25) is 0 Å². The average molecular weight is 278 g/mol. The van der Waals surface area contributed by atoms with Gasteiger partial charge in [-0.05, 0) is 31.0 Å². The Kier molecular flexibility index (Phi) is 6.30. The quantitative estimate of drug-likeness (QED) is 0.748. The zero-order valence-corrected chi connectivity index (χ0v) is 12.3. The topological polar surface area (TPSA) is 44.7 Å².